The van der Waals surface area contributed by atoms with Crippen LogP contribution in [0.1, 0.15) is 44.4 Å². The molecule has 1 aromatic heterocycles. The molecule has 2 heterocycles. The first kappa shape index (κ1) is 34.2. The number of piperidine rings is 1. The van der Waals surface area contributed by atoms with Crippen molar-refractivity contribution < 1.29 is 45.5 Å². The van der Waals surface area contributed by atoms with Crippen LogP contribution in [0.5, 0.6) is 0 Å². The Hall–Kier alpha value is -4.67. The fraction of sp³-hybridized carbons (Fsp3) is 0.414. The lowest BCUT2D eigenvalue weighted by atomic mass is 9.99. The Morgan fingerprint density at radius 3 is 2.35 bits per heavy atom. The lowest BCUT2D eigenvalue weighted by molar-refractivity contribution is -0.177. The van der Waals surface area contributed by atoms with E-state index >= 15 is 0 Å². The van der Waals surface area contributed by atoms with Crippen LogP contribution < -0.4 is 4.72 Å². The van der Waals surface area contributed by atoms with Gasteiger partial charge in [0, 0.05) is 37.3 Å². The van der Waals surface area contributed by atoms with Crippen molar-refractivity contribution in [3.05, 3.63) is 65.9 Å². The summed E-state index contributed by atoms with van der Waals surface area (Å²) in [4.78, 5) is 28.2. The molecule has 0 spiro atoms. The van der Waals surface area contributed by atoms with Crippen LogP contribution in [0, 0.1) is 12.8 Å². The van der Waals surface area contributed by atoms with E-state index < -0.39 is 40.2 Å². The first-order chi connectivity index (χ1) is 21.7. The van der Waals surface area contributed by atoms with Gasteiger partial charge in [0.15, 0.2) is 5.69 Å². The van der Waals surface area contributed by atoms with E-state index in [1.807, 2.05) is 11.6 Å². The number of nitrogens with zero attached hydrogens (tertiary/aromatic N) is 5. The number of sulfonamides is 1. The third-order valence-electron chi connectivity index (χ3n) is 6.94. The fourth-order valence-electron chi connectivity index (χ4n) is 4.41. The number of ether oxygens (including phenoxy) is 2. The molecule has 1 N–H and O–H groups in total. The molecule has 17 heteroatoms. The summed E-state index contributed by atoms with van der Waals surface area (Å²) in [5.41, 5.74) is 0.649. The maximum absolute atomic E-state index is 13.5. The van der Waals surface area contributed by atoms with Crippen molar-refractivity contribution in [2.45, 2.75) is 57.4 Å². The van der Waals surface area contributed by atoms with Crippen LogP contribution in [-0.4, -0.2) is 61.3 Å². The number of hydrogen-bond acceptors (Lipinski definition) is 10. The second kappa shape index (κ2) is 14.6. The molecule has 46 heavy (non-hydrogen) atoms. The minimum absolute atomic E-state index is 0.0333. The molecule has 1 aliphatic rings. The van der Waals surface area contributed by atoms with Gasteiger partial charge in [-0.25, -0.2) is 22.6 Å². The SMILES string of the molecule is CCC(=O)OC(C)O/N=N\N1CCC(COC(=O)NS(=O)(=O)c2ccc(-n3nc(C(F)(F)F)cc3-c3ccc(C)cc3)cc2)CC1. The topological polar surface area (TPSA) is 154 Å². The summed E-state index contributed by atoms with van der Waals surface area (Å²) in [6.07, 6.45) is -5.38. The average Bonchev–Trinajstić information content (AvgIpc) is 3.47. The first-order valence-electron chi connectivity index (χ1n) is 14.3. The number of carbonyl (C=O) groups excluding carboxylic acids is 2. The molecule has 1 fully saturated rings. The van der Waals surface area contributed by atoms with E-state index in [0.29, 0.717) is 31.5 Å². The number of rotatable bonds is 11. The molecule has 0 radical (unpaired) electrons. The Bertz CT molecular complexity index is 1640. The van der Waals surface area contributed by atoms with Gasteiger partial charge in [-0.2, -0.15) is 18.3 Å². The Balaban J connectivity index is 1.31. The molecule has 1 saturated heterocycles. The normalized spacial score (nSPS) is 15.0. The number of esters is 1. The molecule has 4 rings (SSSR count). The second-order valence-corrected chi connectivity index (χ2v) is 12.2. The van der Waals surface area contributed by atoms with Crippen molar-refractivity contribution in [3.63, 3.8) is 0 Å². The Kier molecular flexibility index (Phi) is 10.9. The highest BCUT2D eigenvalue weighted by molar-refractivity contribution is 7.90. The molecule has 0 aliphatic carbocycles. The van der Waals surface area contributed by atoms with Gasteiger partial charge in [0.1, 0.15) is 0 Å². The monoisotopic (exact) mass is 666 g/mol. The number of alkyl halides is 3. The van der Waals surface area contributed by atoms with Crippen molar-refractivity contribution in [3.8, 4) is 16.9 Å². The van der Waals surface area contributed by atoms with Crippen molar-refractivity contribution in [2.24, 2.45) is 16.4 Å². The third-order valence-corrected chi connectivity index (χ3v) is 8.27. The highest BCUT2D eigenvalue weighted by atomic mass is 32.2. The number of amides is 1. The zero-order valence-electron chi connectivity index (χ0n) is 25.2. The molecule has 3 aromatic rings. The van der Waals surface area contributed by atoms with Crippen LogP contribution in [0.2, 0.25) is 0 Å². The number of carbonyl (C=O) groups is 2. The fourth-order valence-corrected chi connectivity index (χ4v) is 5.30. The van der Waals surface area contributed by atoms with E-state index in [2.05, 4.69) is 15.6 Å². The Morgan fingerprint density at radius 2 is 1.74 bits per heavy atom. The van der Waals surface area contributed by atoms with Gasteiger partial charge in [-0.05, 0) is 61.2 Å². The van der Waals surface area contributed by atoms with Crippen LogP contribution >= 0.6 is 0 Å². The molecule has 0 saturated carbocycles. The average molecular weight is 667 g/mol. The Morgan fingerprint density at radius 1 is 1.09 bits per heavy atom. The molecule has 1 amide bonds. The standard InChI is InChI=1S/C29H33F3N6O7S/c1-4-27(39)44-20(3)45-36-35-37-15-13-21(14-16-37)18-43-28(40)34-46(41,42)24-11-9-23(10-12-24)38-25(17-26(33-38)29(30,31)32)22-7-5-19(2)6-8-22/h5-12,17,20-21H,4,13-16,18H2,1-3H3,(H,34,40)/b36-35-. The predicted octanol–water partition coefficient (Wildman–Crippen LogP) is 5.59. The van der Waals surface area contributed by atoms with Crippen LogP contribution in [0.4, 0.5) is 18.0 Å². The van der Waals surface area contributed by atoms with Crippen LogP contribution in [0.15, 0.2) is 70.0 Å². The minimum atomic E-state index is -4.69. The third kappa shape index (κ3) is 9.18. The lowest BCUT2D eigenvalue weighted by Gasteiger charge is -2.28. The number of benzene rings is 2. The van der Waals surface area contributed by atoms with E-state index in [-0.39, 0.29) is 35.2 Å². The molecule has 1 unspecified atom stereocenters. The quantitative estimate of drug-likeness (QED) is 0.119. The van der Waals surface area contributed by atoms with Crippen molar-refractivity contribution in [1.82, 2.24) is 19.5 Å². The number of aryl methyl sites for hydroxylation is 1. The van der Waals surface area contributed by atoms with E-state index in [0.717, 1.165) is 28.4 Å². The van der Waals surface area contributed by atoms with E-state index in [1.165, 1.54) is 19.1 Å². The predicted molar refractivity (Wildman–Crippen MR) is 156 cm³/mol. The van der Waals surface area contributed by atoms with Gasteiger partial charge in [-0.15, -0.1) is 0 Å². The number of halogens is 3. The summed E-state index contributed by atoms with van der Waals surface area (Å²) in [7, 11) is -4.35. The van der Waals surface area contributed by atoms with Gasteiger partial charge in [0.05, 0.1) is 22.9 Å². The van der Waals surface area contributed by atoms with Crippen LogP contribution in [0.25, 0.3) is 16.9 Å². The summed E-state index contributed by atoms with van der Waals surface area (Å²) >= 11 is 0. The summed E-state index contributed by atoms with van der Waals surface area (Å²) < 4.78 is 79.1. The van der Waals surface area contributed by atoms with Crippen molar-refractivity contribution in [1.29, 1.82) is 0 Å². The van der Waals surface area contributed by atoms with Gasteiger partial charge in [0.25, 0.3) is 16.3 Å². The van der Waals surface area contributed by atoms with Gasteiger partial charge in [0.2, 0.25) is 0 Å². The zero-order valence-corrected chi connectivity index (χ0v) is 26.0. The molecular weight excluding hydrogens is 633 g/mol. The van der Waals surface area contributed by atoms with Gasteiger partial charge < -0.3 is 14.3 Å². The number of aromatic nitrogens is 2. The molecule has 1 aliphatic heterocycles. The van der Waals surface area contributed by atoms with Crippen molar-refractivity contribution >= 4 is 22.1 Å². The number of nitrogens with one attached hydrogen (secondary N) is 1. The summed E-state index contributed by atoms with van der Waals surface area (Å²) in [6.45, 7) is 5.93. The highest BCUT2D eigenvalue weighted by Crippen LogP contribution is 2.33. The molecule has 13 nitrogen and oxygen atoms in total. The summed E-state index contributed by atoms with van der Waals surface area (Å²) in [5, 5.41) is 12.8. The van der Waals surface area contributed by atoms with Crippen molar-refractivity contribution in [2.75, 3.05) is 19.7 Å². The highest BCUT2D eigenvalue weighted by Gasteiger charge is 2.35. The van der Waals surface area contributed by atoms with Crippen LogP contribution in [-0.2, 0) is 35.3 Å². The lowest BCUT2D eigenvalue weighted by Crippen LogP contribution is -2.35. The second-order valence-electron chi connectivity index (χ2n) is 10.5. The smallest absolute Gasteiger partial charge is 0.435 e. The molecule has 1 atom stereocenters. The first-order valence-corrected chi connectivity index (χ1v) is 15.8. The van der Waals surface area contributed by atoms with E-state index in [9.17, 15) is 31.2 Å². The molecule has 248 valence electrons. The van der Waals surface area contributed by atoms with Gasteiger partial charge in [-0.3, -0.25) is 9.80 Å². The van der Waals surface area contributed by atoms with Gasteiger partial charge in [-0.1, -0.05) is 36.8 Å². The van der Waals surface area contributed by atoms with E-state index in [1.54, 1.807) is 36.2 Å². The number of hydrogen-bond donors (Lipinski definition) is 1. The maximum Gasteiger partial charge on any atom is 0.435 e. The maximum atomic E-state index is 13.5. The molecule has 0 bridgehead atoms. The van der Waals surface area contributed by atoms with Crippen LogP contribution in [0.3, 0.4) is 0 Å². The largest absolute Gasteiger partial charge is 0.449 e. The van der Waals surface area contributed by atoms with Gasteiger partial charge >= 0.3 is 18.2 Å². The summed E-state index contributed by atoms with van der Waals surface area (Å²) in [6, 6.07) is 12.7. The minimum Gasteiger partial charge on any atom is -0.449 e. The van der Waals surface area contributed by atoms with E-state index in [4.69, 9.17) is 14.3 Å². The molecular formula is C29H33F3N6O7S. The molecule has 2 aromatic carbocycles. The Labute approximate surface area is 263 Å². The summed E-state index contributed by atoms with van der Waals surface area (Å²) in [5.74, 6) is -0.481. The zero-order chi connectivity index (χ0) is 33.5.